The Morgan fingerprint density at radius 2 is 1.53 bits per heavy atom. The van der Waals surface area contributed by atoms with Gasteiger partial charge in [-0.15, -0.1) is 4.40 Å². The molecule has 9 nitrogen and oxygen atoms in total. The predicted molar refractivity (Wildman–Crippen MR) is 128 cm³/mol. The van der Waals surface area contributed by atoms with Crippen LogP contribution in [0.5, 0.6) is 0 Å². The Kier molecular flexibility index (Phi) is 7.07. The van der Waals surface area contributed by atoms with Crippen LogP contribution in [-0.2, 0) is 10.0 Å². The third-order valence-corrected chi connectivity index (χ3v) is 6.63. The van der Waals surface area contributed by atoms with Gasteiger partial charge >= 0.3 is 0 Å². The molecule has 3 N–H and O–H groups in total. The second-order valence-corrected chi connectivity index (χ2v) is 9.58. The van der Waals surface area contributed by atoms with Gasteiger partial charge in [0.2, 0.25) is 11.6 Å². The highest BCUT2D eigenvalue weighted by molar-refractivity contribution is 7.90. The van der Waals surface area contributed by atoms with Crippen LogP contribution in [0.25, 0.3) is 0 Å². The van der Waals surface area contributed by atoms with E-state index in [2.05, 4.69) is 14.4 Å². The number of halogens is 3. The number of nitrogens with zero attached hydrogens (tertiary/aromatic N) is 3. The van der Waals surface area contributed by atoms with E-state index in [4.69, 9.17) is 5.73 Å². The molecule has 0 spiro atoms. The van der Waals surface area contributed by atoms with Gasteiger partial charge in [-0.2, -0.15) is 8.42 Å². The summed E-state index contributed by atoms with van der Waals surface area (Å²) in [6.45, 7) is 1.13. The zero-order valence-electron chi connectivity index (χ0n) is 19.4. The summed E-state index contributed by atoms with van der Waals surface area (Å²) >= 11 is 0. The molecule has 1 atom stereocenters. The molecular weight excluding hydrogens is 525 g/mol. The van der Waals surface area contributed by atoms with Gasteiger partial charge < -0.3 is 10.8 Å². The molecule has 0 amide bonds. The zero-order chi connectivity index (χ0) is 27.8. The average Bonchev–Trinajstić information content (AvgIpc) is 3.28. The van der Waals surface area contributed by atoms with E-state index in [0.29, 0.717) is 24.3 Å². The molecule has 13 heteroatoms. The van der Waals surface area contributed by atoms with Crippen molar-refractivity contribution in [2.45, 2.75) is 17.9 Å². The largest absolute Gasteiger partial charge is 0.385 e. The number of amidine groups is 1. The minimum Gasteiger partial charge on any atom is -0.385 e. The second-order valence-electron chi connectivity index (χ2n) is 8.01. The predicted octanol–water partition coefficient (Wildman–Crippen LogP) is 1.76. The summed E-state index contributed by atoms with van der Waals surface area (Å²) in [6.07, 6.45) is -1.47. The molecule has 1 heterocycles. The number of ketones is 2. The van der Waals surface area contributed by atoms with Gasteiger partial charge in [-0.05, 0) is 55.5 Å². The molecule has 0 aromatic heterocycles. The van der Waals surface area contributed by atoms with Gasteiger partial charge in [0.1, 0.15) is 39.9 Å². The summed E-state index contributed by atoms with van der Waals surface area (Å²) in [5.41, 5.74) is 3.24. The van der Waals surface area contributed by atoms with Gasteiger partial charge in [-0.25, -0.2) is 23.2 Å². The molecule has 3 aromatic rings. The Morgan fingerprint density at radius 1 is 0.921 bits per heavy atom. The van der Waals surface area contributed by atoms with Crippen molar-refractivity contribution in [1.29, 1.82) is 0 Å². The first-order valence-corrected chi connectivity index (χ1v) is 12.2. The van der Waals surface area contributed by atoms with Crippen LogP contribution < -0.4 is 16.4 Å². The number of para-hydroxylation sites is 2. The van der Waals surface area contributed by atoms with E-state index in [-0.39, 0.29) is 10.7 Å². The Morgan fingerprint density at radius 3 is 2.13 bits per heavy atom. The minimum atomic E-state index is -4.85. The summed E-state index contributed by atoms with van der Waals surface area (Å²) in [5.74, 6) is -7.05. The Balaban J connectivity index is 1.92. The highest BCUT2D eigenvalue weighted by Crippen LogP contribution is 2.25. The topological polar surface area (TPSA) is 152 Å². The number of nitrogens with two attached hydrogens (primary N) is 1. The van der Waals surface area contributed by atoms with E-state index in [0.717, 1.165) is 19.1 Å². The van der Waals surface area contributed by atoms with Crippen LogP contribution in [0, 0.1) is 17.5 Å². The van der Waals surface area contributed by atoms with Crippen LogP contribution >= 0.6 is 0 Å². The van der Waals surface area contributed by atoms with Crippen LogP contribution in [0.15, 0.2) is 91.3 Å². The van der Waals surface area contributed by atoms with E-state index >= 15 is 0 Å². The number of carbonyl (C=O) groups excluding carboxylic acids is 2. The second kappa shape index (κ2) is 10.1. The zero-order valence-corrected chi connectivity index (χ0v) is 20.2. The van der Waals surface area contributed by atoms with E-state index in [1.165, 1.54) is 12.1 Å². The van der Waals surface area contributed by atoms with Crippen molar-refractivity contribution in [3.05, 3.63) is 111 Å². The fraction of sp³-hybridized carbons (Fsp3) is 0.0800. The van der Waals surface area contributed by atoms with Gasteiger partial charge in [0, 0.05) is 5.56 Å². The van der Waals surface area contributed by atoms with E-state index in [9.17, 15) is 36.3 Å². The number of aliphatic hydroxyl groups is 1. The molecule has 4 rings (SSSR count). The summed E-state index contributed by atoms with van der Waals surface area (Å²) < 4.78 is 71.3. The number of hydrogen-bond donors (Lipinski definition) is 2. The lowest BCUT2D eigenvalue weighted by atomic mass is 9.95. The molecular formula is C25H17F3N4O5S. The first-order chi connectivity index (χ1) is 17.9. The normalized spacial score (nSPS) is 13.8. The van der Waals surface area contributed by atoms with E-state index < -0.39 is 78.4 Å². The van der Waals surface area contributed by atoms with Gasteiger partial charge in [-0.1, -0.05) is 12.1 Å². The molecule has 1 unspecified atom stereocenters. The smallest absolute Gasteiger partial charge is 0.286 e. The number of sulfonamides is 1. The van der Waals surface area contributed by atoms with Crippen LogP contribution in [0.2, 0.25) is 0 Å². The number of Topliss-reactive ketones (excluding diaryl/α,β-unsaturated/α-hetero) is 2. The Labute approximate surface area is 213 Å². The fourth-order valence-electron chi connectivity index (χ4n) is 3.38. The van der Waals surface area contributed by atoms with Crippen LogP contribution in [0.3, 0.4) is 0 Å². The Bertz CT molecular complexity index is 1760. The quantitative estimate of drug-likeness (QED) is 0.116. The number of carbonyl (C=O) groups is 2. The SMILES string of the molecule is CC(O)C(N)=NS(=O)(=O)c1cc(C(=O)C(C(=O)c2cc(F)ccc2F)=C2N=c3ccccc3=N2)ccc1F. The van der Waals surface area contributed by atoms with Crippen molar-refractivity contribution in [1.82, 2.24) is 0 Å². The monoisotopic (exact) mass is 542 g/mol. The molecule has 3 aromatic carbocycles. The van der Waals surface area contributed by atoms with Crippen molar-refractivity contribution in [3.63, 3.8) is 0 Å². The molecule has 0 fully saturated rings. The fourth-order valence-corrected chi connectivity index (χ4v) is 4.50. The molecule has 194 valence electrons. The average molecular weight is 542 g/mol. The molecule has 1 aliphatic rings. The number of hydrogen-bond acceptors (Lipinski definition) is 7. The summed E-state index contributed by atoms with van der Waals surface area (Å²) in [6, 6.07) is 10.5. The molecule has 38 heavy (non-hydrogen) atoms. The number of aliphatic hydroxyl groups excluding tert-OH is 1. The molecule has 0 radical (unpaired) electrons. The van der Waals surface area contributed by atoms with E-state index in [1.807, 2.05) is 0 Å². The van der Waals surface area contributed by atoms with Crippen molar-refractivity contribution in [2.24, 2.45) is 20.1 Å². The van der Waals surface area contributed by atoms with Gasteiger partial charge in [0.25, 0.3) is 10.0 Å². The molecule has 0 aliphatic carbocycles. The summed E-state index contributed by atoms with van der Waals surface area (Å²) in [7, 11) is -4.85. The standard InChI is InChI=1S/C25H17F3N4O5S/c1-12(33)24(29)32-38(36,37)20-10-13(6-8-17(20)28)22(34)21(23(35)15-11-14(26)7-9-16(15)27)25-30-18-4-2-3-5-19(18)31-25/h2-12,33H,1H3,(H2,29,32). The summed E-state index contributed by atoms with van der Waals surface area (Å²) in [5, 5.41) is 10.00. The van der Waals surface area contributed by atoms with Crippen LogP contribution in [-0.4, -0.2) is 37.0 Å². The first kappa shape index (κ1) is 26.6. The first-order valence-electron chi connectivity index (χ1n) is 10.8. The molecule has 0 saturated carbocycles. The maximum Gasteiger partial charge on any atom is 0.286 e. The Hall–Kier alpha value is -4.49. The van der Waals surface area contributed by atoms with Crippen LogP contribution in [0.4, 0.5) is 13.2 Å². The number of benzene rings is 3. The molecule has 1 aliphatic heterocycles. The number of rotatable bonds is 7. The van der Waals surface area contributed by atoms with Crippen molar-refractivity contribution in [2.75, 3.05) is 0 Å². The molecule has 0 saturated heterocycles. The third kappa shape index (κ3) is 5.14. The lowest BCUT2D eigenvalue weighted by Gasteiger charge is -2.10. The van der Waals surface area contributed by atoms with Crippen molar-refractivity contribution in [3.8, 4) is 0 Å². The van der Waals surface area contributed by atoms with Gasteiger partial charge in [0.15, 0.2) is 5.82 Å². The van der Waals surface area contributed by atoms with Crippen LogP contribution in [0.1, 0.15) is 27.6 Å². The minimum absolute atomic E-state index is 0.283. The highest BCUT2D eigenvalue weighted by atomic mass is 32.2. The van der Waals surface area contributed by atoms with Crippen molar-refractivity contribution < 1.29 is 36.3 Å². The number of allylic oxidation sites excluding steroid dienone is 1. The van der Waals surface area contributed by atoms with Crippen molar-refractivity contribution >= 4 is 27.4 Å². The lowest BCUT2D eigenvalue weighted by Crippen LogP contribution is -2.27. The van der Waals surface area contributed by atoms with Gasteiger partial charge in [0.05, 0.1) is 16.3 Å². The maximum absolute atomic E-state index is 14.5. The third-order valence-electron chi connectivity index (χ3n) is 5.31. The summed E-state index contributed by atoms with van der Waals surface area (Å²) in [4.78, 5) is 34.2. The molecule has 0 bridgehead atoms. The van der Waals surface area contributed by atoms with Gasteiger partial charge in [-0.3, -0.25) is 9.59 Å². The highest BCUT2D eigenvalue weighted by Gasteiger charge is 2.31. The van der Waals surface area contributed by atoms with E-state index in [1.54, 1.807) is 12.1 Å². The lowest BCUT2D eigenvalue weighted by molar-refractivity contribution is 0.0958. The number of fused-ring (bicyclic) bond motifs is 1. The maximum atomic E-state index is 14.5.